The van der Waals surface area contributed by atoms with Gasteiger partial charge in [-0.25, -0.2) is 4.39 Å². The molecule has 8 nitrogen and oxygen atoms in total. The molecule has 0 unspecified atom stereocenters. The number of hydrogen-bond donors (Lipinski definition) is 0. The summed E-state index contributed by atoms with van der Waals surface area (Å²) in [5.41, 5.74) is 2.37. The third-order valence-electron chi connectivity index (χ3n) is 7.85. The van der Waals surface area contributed by atoms with Gasteiger partial charge in [0.25, 0.3) is 5.91 Å². The van der Waals surface area contributed by atoms with Gasteiger partial charge in [-0.2, -0.15) is 0 Å². The van der Waals surface area contributed by atoms with Crippen LogP contribution in [0.15, 0.2) is 60.8 Å². The molecule has 0 N–H and O–H groups in total. The van der Waals surface area contributed by atoms with E-state index in [1.54, 1.807) is 42.3 Å². The fourth-order valence-corrected chi connectivity index (χ4v) is 5.54. The number of benzene rings is 2. The third kappa shape index (κ3) is 8.35. The lowest BCUT2D eigenvalue weighted by molar-refractivity contribution is -0.135. The number of ether oxygens (including phenoxy) is 3. The lowest BCUT2D eigenvalue weighted by Gasteiger charge is -2.36. The van der Waals surface area contributed by atoms with Crippen LogP contribution in [0.2, 0.25) is 0 Å². The molecule has 1 aliphatic carbocycles. The smallest absolute Gasteiger partial charge is 0.254 e. The molecule has 0 bridgehead atoms. The van der Waals surface area contributed by atoms with E-state index in [9.17, 15) is 14.0 Å². The Morgan fingerprint density at radius 1 is 0.952 bits per heavy atom. The summed E-state index contributed by atoms with van der Waals surface area (Å²) in [6.07, 6.45) is 7.78. The average molecular weight is 580 g/mol. The van der Waals surface area contributed by atoms with Gasteiger partial charge in [-0.3, -0.25) is 9.59 Å². The van der Waals surface area contributed by atoms with Crippen molar-refractivity contribution in [1.82, 2.24) is 14.4 Å². The van der Waals surface area contributed by atoms with Gasteiger partial charge in [-0.05, 0) is 61.2 Å². The standard InChI is InChI=1S/C33H42FN3O5/c1-40-18-8-17-36(33(39)26-19-30(41-2)21-31(20-26)42-3)24-32(38)37(28-9-5-4-6-10-28)23-29-11-7-16-35(29)22-25-12-14-27(34)15-13-25/h7,11-16,19-21,28H,4-6,8-10,17-18,22-24H2,1-3H3. The van der Waals surface area contributed by atoms with Crippen LogP contribution in [0.1, 0.15) is 60.1 Å². The highest BCUT2D eigenvalue weighted by atomic mass is 19.1. The molecule has 1 aliphatic rings. The second-order valence-corrected chi connectivity index (χ2v) is 10.7. The lowest BCUT2D eigenvalue weighted by Crippen LogP contribution is -2.48. The van der Waals surface area contributed by atoms with Gasteiger partial charge >= 0.3 is 0 Å². The van der Waals surface area contributed by atoms with E-state index in [-0.39, 0.29) is 30.2 Å². The monoisotopic (exact) mass is 579 g/mol. The van der Waals surface area contributed by atoms with Gasteiger partial charge in [-0.15, -0.1) is 0 Å². The Bertz CT molecular complexity index is 1280. The Morgan fingerprint density at radius 2 is 1.64 bits per heavy atom. The molecule has 42 heavy (non-hydrogen) atoms. The van der Waals surface area contributed by atoms with E-state index >= 15 is 0 Å². The minimum Gasteiger partial charge on any atom is -0.497 e. The van der Waals surface area contributed by atoms with Crippen molar-refractivity contribution in [2.75, 3.05) is 41.0 Å². The first-order chi connectivity index (χ1) is 20.4. The van der Waals surface area contributed by atoms with Crippen molar-refractivity contribution in [3.05, 3.63) is 83.4 Å². The molecule has 2 aromatic carbocycles. The number of halogens is 1. The number of carbonyl (C=O) groups excluding carboxylic acids is 2. The first-order valence-corrected chi connectivity index (χ1v) is 14.6. The zero-order chi connectivity index (χ0) is 29.9. The van der Waals surface area contributed by atoms with E-state index in [0.29, 0.717) is 49.7 Å². The number of nitrogens with zero attached hydrogens (tertiary/aromatic N) is 3. The molecule has 0 saturated heterocycles. The Morgan fingerprint density at radius 3 is 2.29 bits per heavy atom. The van der Waals surface area contributed by atoms with E-state index in [4.69, 9.17) is 14.2 Å². The number of methoxy groups -OCH3 is 3. The SMILES string of the molecule is COCCCN(CC(=O)N(Cc1cccn1Cc1ccc(F)cc1)C1CCCCC1)C(=O)c1cc(OC)cc(OC)c1. The highest BCUT2D eigenvalue weighted by molar-refractivity contribution is 5.97. The second kappa shape index (κ2) is 15.4. The van der Waals surface area contributed by atoms with Crippen LogP contribution in [0, 0.1) is 5.82 Å². The van der Waals surface area contributed by atoms with Crippen molar-refractivity contribution in [2.24, 2.45) is 0 Å². The molecule has 3 aromatic rings. The van der Waals surface area contributed by atoms with Crippen molar-refractivity contribution in [1.29, 1.82) is 0 Å². The molecule has 1 aromatic heterocycles. The minimum absolute atomic E-state index is 0.0444. The van der Waals surface area contributed by atoms with Gasteiger partial charge in [0.1, 0.15) is 23.9 Å². The fraction of sp³-hybridized carbons (Fsp3) is 0.455. The molecule has 0 aliphatic heterocycles. The average Bonchev–Trinajstić information content (AvgIpc) is 3.46. The van der Waals surface area contributed by atoms with Crippen molar-refractivity contribution in [3.8, 4) is 11.5 Å². The predicted octanol–water partition coefficient (Wildman–Crippen LogP) is 5.53. The minimum atomic E-state index is -0.266. The van der Waals surface area contributed by atoms with Gasteiger partial charge in [-0.1, -0.05) is 31.4 Å². The van der Waals surface area contributed by atoms with E-state index in [1.165, 1.54) is 32.8 Å². The summed E-state index contributed by atoms with van der Waals surface area (Å²) in [5, 5.41) is 0. The second-order valence-electron chi connectivity index (χ2n) is 10.7. The van der Waals surface area contributed by atoms with Gasteiger partial charge in [0.15, 0.2) is 0 Å². The summed E-state index contributed by atoms with van der Waals surface area (Å²) >= 11 is 0. The molecule has 1 heterocycles. The Balaban J connectivity index is 1.57. The van der Waals surface area contributed by atoms with Crippen molar-refractivity contribution in [3.63, 3.8) is 0 Å². The van der Waals surface area contributed by atoms with Crippen molar-refractivity contribution in [2.45, 2.75) is 57.7 Å². The zero-order valence-electron chi connectivity index (χ0n) is 24.9. The molecule has 0 spiro atoms. The highest BCUT2D eigenvalue weighted by Gasteiger charge is 2.29. The van der Waals surface area contributed by atoms with E-state index in [2.05, 4.69) is 4.57 Å². The largest absolute Gasteiger partial charge is 0.497 e. The fourth-order valence-electron chi connectivity index (χ4n) is 5.54. The number of hydrogen-bond acceptors (Lipinski definition) is 5. The zero-order valence-corrected chi connectivity index (χ0v) is 24.9. The number of amides is 2. The summed E-state index contributed by atoms with van der Waals surface area (Å²) in [5.74, 6) is 0.396. The van der Waals surface area contributed by atoms with E-state index < -0.39 is 0 Å². The number of aromatic nitrogens is 1. The van der Waals surface area contributed by atoms with Crippen LogP contribution in [-0.4, -0.2) is 73.2 Å². The molecule has 1 fully saturated rings. The molecule has 1 saturated carbocycles. The molecule has 0 atom stereocenters. The molecule has 4 rings (SSSR count). The first-order valence-electron chi connectivity index (χ1n) is 14.6. The summed E-state index contributed by atoms with van der Waals surface area (Å²) in [4.78, 5) is 31.4. The van der Waals surface area contributed by atoms with E-state index in [0.717, 1.165) is 36.9 Å². The van der Waals surface area contributed by atoms with Crippen molar-refractivity contribution < 1.29 is 28.2 Å². The first kappa shape index (κ1) is 31.1. The highest BCUT2D eigenvalue weighted by Crippen LogP contribution is 2.26. The van der Waals surface area contributed by atoms with Gasteiger partial charge in [0, 0.05) is 56.4 Å². The maximum atomic E-state index is 14.1. The van der Waals surface area contributed by atoms with Crippen molar-refractivity contribution >= 4 is 11.8 Å². The summed E-state index contributed by atoms with van der Waals surface area (Å²) < 4.78 is 31.5. The number of carbonyl (C=O) groups is 2. The van der Waals surface area contributed by atoms with Crippen LogP contribution in [-0.2, 0) is 22.6 Å². The maximum Gasteiger partial charge on any atom is 0.254 e. The van der Waals surface area contributed by atoms with Gasteiger partial charge < -0.3 is 28.6 Å². The molecule has 0 radical (unpaired) electrons. The summed E-state index contributed by atoms with van der Waals surface area (Å²) in [6.45, 7) is 1.82. The topological polar surface area (TPSA) is 73.2 Å². The normalized spacial score (nSPS) is 13.5. The van der Waals surface area contributed by atoms with E-state index in [1.807, 2.05) is 23.2 Å². The molecule has 9 heteroatoms. The Kier molecular flexibility index (Phi) is 11.4. The Labute approximate surface area is 248 Å². The molecular formula is C33H42FN3O5. The molecule has 226 valence electrons. The van der Waals surface area contributed by atoms with Crippen LogP contribution < -0.4 is 9.47 Å². The Hall–Kier alpha value is -3.85. The van der Waals surface area contributed by atoms with Crippen LogP contribution in [0.3, 0.4) is 0 Å². The number of rotatable bonds is 14. The van der Waals surface area contributed by atoms with Gasteiger partial charge in [0.2, 0.25) is 5.91 Å². The van der Waals surface area contributed by atoms with Crippen LogP contribution in [0.5, 0.6) is 11.5 Å². The molecule has 2 amide bonds. The summed E-state index contributed by atoms with van der Waals surface area (Å²) in [7, 11) is 4.70. The predicted molar refractivity (Wildman–Crippen MR) is 159 cm³/mol. The van der Waals surface area contributed by atoms with Gasteiger partial charge in [0.05, 0.1) is 20.8 Å². The maximum absolute atomic E-state index is 14.1. The third-order valence-corrected chi connectivity index (χ3v) is 7.85. The quantitative estimate of drug-likeness (QED) is 0.235. The summed E-state index contributed by atoms with van der Waals surface area (Å²) in [6, 6.07) is 15.6. The van der Waals surface area contributed by atoms with Crippen LogP contribution in [0.25, 0.3) is 0 Å². The van der Waals surface area contributed by atoms with Crippen LogP contribution >= 0.6 is 0 Å². The van der Waals surface area contributed by atoms with Crippen LogP contribution in [0.4, 0.5) is 4.39 Å². The lowest BCUT2D eigenvalue weighted by atomic mass is 9.94. The molecular weight excluding hydrogens is 537 g/mol.